The molecule has 9 heteroatoms. The van der Waals surface area contributed by atoms with Gasteiger partial charge in [-0.15, -0.1) is 11.3 Å². The summed E-state index contributed by atoms with van der Waals surface area (Å²) in [5.41, 5.74) is 6.96. The van der Waals surface area contributed by atoms with Gasteiger partial charge in [0.15, 0.2) is 5.13 Å². The molecule has 170 valence electrons. The number of carboxylic acid groups (broad SMARTS) is 1. The molecule has 0 saturated carbocycles. The molecule has 2 aromatic rings. The van der Waals surface area contributed by atoms with Gasteiger partial charge in [0.25, 0.3) is 0 Å². The van der Waals surface area contributed by atoms with E-state index in [1.54, 1.807) is 17.4 Å². The fourth-order valence-corrected chi connectivity index (χ4v) is 4.81. The maximum absolute atomic E-state index is 11.2. The Hall–Kier alpha value is -1.83. The van der Waals surface area contributed by atoms with Crippen LogP contribution in [0.2, 0.25) is 10.0 Å². The van der Waals surface area contributed by atoms with E-state index in [2.05, 4.69) is 13.8 Å². The molecule has 0 aliphatic heterocycles. The van der Waals surface area contributed by atoms with E-state index in [-0.39, 0.29) is 12.3 Å². The van der Waals surface area contributed by atoms with Crippen molar-refractivity contribution in [2.24, 2.45) is 11.7 Å². The summed E-state index contributed by atoms with van der Waals surface area (Å²) in [5.74, 6) is -0.703. The number of aliphatic carboxylic acids is 1. The van der Waals surface area contributed by atoms with E-state index in [1.807, 2.05) is 17.0 Å². The normalized spacial score (nSPS) is 11.1. The summed E-state index contributed by atoms with van der Waals surface area (Å²) in [6, 6.07) is 5.48. The Bertz CT molecular complexity index is 902. The van der Waals surface area contributed by atoms with Crippen molar-refractivity contribution in [3.05, 3.63) is 33.1 Å². The summed E-state index contributed by atoms with van der Waals surface area (Å²) in [7, 11) is 0. The number of amides is 1. The smallest absolute Gasteiger partial charge is 0.305 e. The van der Waals surface area contributed by atoms with Gasteiger partial charge in [0.05, 0.1) is 22.2 Å². The number of carbonyl (C=O) groups excluding carboxylic acids is 1. The summed E-state index contributed by atoms with van der Waals surface area (Å²) < 4.78 is 0. The average molecular weight is 486 g/mol. The SMILES string of the molecule is CC(C)Cc1sc(N(CCCCCC(N)=O)CCC(=O)O)nc1-c1ccc(Cl)c(Cl)c1. The molecule has 1 heterocycles. The van der Waals surface area contributed by atoms with Crippen molar-refractivity contribution in [2.45, 2.75) is 52.4 Å². The van der Waals surface area contributed by atoms with Crippen molar-refractivity contribution in [1.29, 1.82) is 0 Å². The largest absolute Gasteiger partial charge is 0.481 e. The molecule has 0 unspecified atom stereocenters. The van der Waals surface area contributed by atoms with Gasteiger partial charge >= 0.3 is 5.97 Å². The van der Waals surface area contributed by atoms with Crippen LogP contribution in [0.15, 0.2) is 18.2 Å². The van der Waals surface area contributed by atoms with Crippen LogP contribution in [0.1, 0.15) is 50.8 Å². The summed E-state index contributed by atoms with van der Waals surface area (Å²) in [4.78, 5) is 30.1. The van der Waals surface area contributed by atoms with Crippen LogP contribution < -0.4 is 10.6 Å². The Morgan fingerprint density at radius 3 is 2.48 bits per heavy atom. The van der Waals surface area contributed by atoms with Crippen LogP contribution in [-0.4, -0.2) is 35.1 Å². The summed E-state index contributed by atoms with van der Waals surface area (Å²) in [6.07, 6.45) is 3.66. The first-order valence-electron chi connectivity index (χ1n) is 10.4. The number of thiazole rings is 1. The number of nitrogens with two attached hydrogens (primary N) is 1. The van der Waals surface area contributed by atoms with Gasteiger partial charge in [-0.3, -0.25) is 9.59 Å². The number of carbonyl (C=O) groups is 2. The summed E-state index contributed by atoms with van der Waals surface area (Å²) in [6.45, 7) is 5.35. The van der Waals surface area contributed by atoms with E-state index in [4.69, 9.17) is 33.9 Å². The number of carboxylic acids is 1. The Labute approximate surface area is 197 Å². The van der Waals surface area contributed by atoms with Crippen LogP contribution >= 0.6 is 34.5 Å². The molecule has 0 aliphatic rings. The van der Waals surface area contributed by atoms with Crippen LogP contribution in [0.5, 0.6) is 0 Å². The third-order valence-corrected chi connectivity index (χ3v) is 6.57. The lowest BCUT2D eigenvalue weighted by Crippen LogP contribution is -2.27. The molecule has 1 amide bonds. The molecular formula is C22H29Cl2N3O3S. The molecule has 3 N–H and O–H groups in total. The fourth-order valence-electron chi connectivity index (χ4n) is 3.17. The van der Waals surface area contributed by atoms with Gasteiger partial charge in [-0.2, -0.15) is 0 Å². The van der Waals surface area contributed by atoms with Crippen molar-refractivity contribution < 1.29 is 14.7 Å². The summed E-state index contributed by atoms with van der Waals surface area (Å²) >= 11 is 13.9. The molecule has 0 aliphatic carbocycles. The molecule has 0 spiro atoms. The van der Waals surface area contributed by atoms with Crippen LogP contribution in [0, 0.1) is 5.92 Å². The Balaban J connectivity index is 2.28. The maximum atomic E-state index is 11.2. The Morgan fingerprint density at radius 2 is 1.87 bits per heavy atom. The van der Waals surface area contributed by atoms with Crippen LogP contribution in [0.4, 0.5) is 5.13 Å². The van der Waals surface area contributed by atoms with Crippen molar-refractivity contribution in [2.75, 3.05) is 18.0 Å². The molecule has 0 bridgehead atoms. The number of rotatable bonds is 13. The number of primary amides is 1. The molecule has 0 fully saturated rings. The molecular weight excluding hydrogens is 457 g/mol. The maximum Gasteiger partial charge on any atom is 0.305 e. The van der Waals surface area contributed by atoms with Crippen LogP contribution in [0.3, 0.4) is 0 Å². The Morgan fingerprint density at radius 1 is 1.13 bits per heavy atom. The van der Waals surface area contributed by atoms with E-state index in [1.165, 1.54) is 0 Å². The minimum absolute atomic E-state index is 0.0302. The van der Waals surface area contributed by atoms with Gasteiger partial charge in [0.1, 0.15) is 0 Å². The van der Waals surface area contributed by atoms with E-state index < -0.39 is 5.97 Å². The molecule has 0 radical (unpaired) electrons. The minimum atomic E-state index is -0.845. The van der Waals surface area contributed by atoms with Gasteiger partial charge in [-0.05, 0) is 37.3 Å². The van der Waals surface area contributed by atoms with Crippen LogP contribution in [-0.2, 0) is 16.0 Å². The molecule has 2 rings (SSSR count). The number of halogens is 2. The predicted octanol–water partition coefficient (Wildman–Crippen LogP) is 5.64. The highest BCUT2D eigenvalue weighted by Crippen LogP contribution is 2.37. The minimum Gasteiger partial charge on any atom is -0.481 e. The van der Waals surface area contributed by atoms with Crippen molar-refractivity contribution in [3.8, 4) is 11.3 Å². The van der Waals surface area contributed by atoms with Crippen molar-refractivity contribution in [1.82, 2.24) is 4.98 Å². The number of anilines is 1. The second-order valence-corrected chi connectivity index (χ2v) is 9.78. The highest BCUT2D eigenvalue weighted by Gasteiger charge is 2.19. The quantitative estimate of drug-likeness (QED) is 0.357. The second kappa shape index (κ2) is 12.3. The zero-order valence-corrected chi connectivity index (χ0v) is 20.2. The fraction of sp³-hybridized carbons (Fsp3) is 0.500. The first-order valence-corrected chi connectivity index (χ1v) is 11.9. The van der Waals surface area contributed by atoms with Crippen LogP contribution in [0.25, 0.3) is 11.3 Å². The number of unbranched alkanes of at least 4 members (excludes halogenated alkanes) is 2. The molecule has 6 nitrogen and oxygen atoms in total. The first kappa shape index (κ1) is 25.4. The lowest BCUT2D eigenvalue weighted by molar-refractivity contribution is -0.136. The zero-order valence-electron chi connectivity index (χ0n) is 17.9. The van der Waals surface area contributed by atoms with E-state index in [9.17, 15) is 14.7 Å². The Kier molecular flexibility index (Phi) is 10.1. The lowest BCUT2D eigenvalue weighted by Gasteiger charge is -2.21. The molecule has 0 atom stereocenters. The van der Waals surface area contributed by atoms with E-state index in [0.29, 0.717) is 35.5 Å². The topological polar surface area (TPSA) is 96.5 Å². The first-order chi connectivity index (χ1) is 14.7. The number of aromatic nitrogens is 1. The highest BCUT2D eigenvalue weighted by molar-refractivity contribution is 7.16. The third-order valence-electron chi connectivity index (χ3n) is 4.69. The van der Waals surface area contributed by atoms with Gasteiger partial charge in [0.2, 0.25) is 5.91 Å². The number of hydrogen-bond acceptors (Lipinski definition) is 5. The number of benzene rings is 1. The van der Waals surface area contributed by atoms with Crippen molar-refractivity contribution in [3.63, 3.8) is 0 Å². The lowest BCUT2D eigenvalue weighted by atomic mass is 10.0. The van der Waals surface area contributed by atoms with Gasteiger partial charge in [-0.25, -0.2) is 4.98 Å². The molecule has 0 saturated heterocycles. The van der Waals surface area contributed by atoms with E-state index >= 15 is 0 Å². The monoisotopic (exact) mass is 485 g/mol. The molecule has 31 heavy (non-hydrogen) atoms. The summed E-state index contributed by atoms with van der Waals surface area (Å²) in [5, 5.41) is 10.9. The third kappa shape index (κ3) is 8.31. The second-order valence-electron chi connectivity index (χ2n) is 7.90. The standard InChI is InChI=1S/C22H29Cl2N3O3S/c1-14(2)12-18-21(15-7-8-16(23)17(24)13-15)26-22(31-18)27(11-9-20(29)30)10-5-3-4-6-19(25)28/h7-8,13-14H,3-6,9-12H2,1-2H3,(H2,25,28)(H,29,30). The predicted molar refractivity (Wildman–Crippen MR) is 128 cm³/mol. The molecule has 1 aromatic heterocycles. The van der Waals surface area contributed by atoms with Gasteiger partial charge < -0.3 is 15.7 Å². The average Bonchev–Trinajstić information content (AvgIpc) is 3.08. The number of nitrogens with zero attached hydrogens (tertiary/aromatic N) is 2. The highest BCUT2D eigenvalue weighted by atomic mass is 35.5. The van der Waals surface area contributed by atoms with Gasteiger partial charge in [0, 0.05) is 30.0 Å². The van der Waals surface area contributed by atoms with Crippen molar-refractivity contribution >= 4 is 51.5 Å². The van der Waals surface area contributed by atoms with E-state index in [0.717, 1.165) is 46.9 Å². The van der Waals surface area contributed by atoms with Gasteiger partial charge in [-0.1, -0.05) is 49.5 Å². The zero-order chi connectivity index (χ0) is 23.0. The number of hydrogen-bond donors (Lipinski definition) is 2. The molecule has 1 aromatic carbocycles.